The van der Waals surface area contributed by atoms with Gasteiger partial charge in [0.1, 0.15) is 53.1 Å². The minimum atomic E-state index is -5.84. The van der Waals surface area contributed by atoms with Crippen molar-refractivity contribution in [2.24, 2.45) is 5.73 Å². The summed E-state index contributed by atoms with van der Waals surface area (Å²) in [6.45, 7) is -0.984. The van der Waals surface area contributed by atoms with Crippen LogP contribution in [0.4, 0.5) is 5.82 Å². The van der Waals surface area contributed by atoms with Crippen LogP contribution in [0.3, 0.4) is 0 Å². The summed E-state index contributed by atoms with van der Waals surface area (Å²) >= 11 is 5.95. The first-order chi connectivity index (χ1) is 33.4. The Bertz CT molecular complexity index is 2990. The summed E-state index contributed by atoms with van der Waals surface area (Å²) in [5.74, 6) is -1.05. The van der Waals surface area contributed by atoms with Crippen LogP contribution in [0.1, 0.15) is 49.6 Å². The van der Waals surface area contributed by atoms with Gasteiger partial charge in [0.05, 0.1) is 42.9 Å². The molecule has 374 valence electrons. The van der Waals surface area contributed by atoms with E-state index in [1.54, 1.807) is 10.8 Å². The van der Waals surface area contributed by atoms with Crippen LogP contribution in [-0.2, 0) is 41.6 Å². The monoisotopic (exact) mass is 1030 g/mol. The molecule has 0 bridgehead atoms. The number of imidazole rings is 1. The highest BCUT2D eigenvalue weighted by molar-refractivity contribution is 7.71. The number of primary amides is 1. The number of rotatable bonds is 15. The second kappa shape index (κ2) is 20.0. The molecule has 30 heteroatoms. The largest absolute Gasteiger partial charge is 0.851 e. The number of amides is 2. The van der Waals surface area contributed by atoms with Gasteiger partial charge in [-0.3, -0.25) is 28.0 Å². The third-order valence-electron chi connectivity index (χ3n) is 12.2. The number of nitrogens with two attached hydrogens (primary N) is 2. The molecule has 8 heterocycles. The Morgan fingerprint density at radius 3 is 2.29 bits per heavy atom. The van der Waals surface area contributed by atoms with Gasteiger partial charge < -0.3 is 74.6 Å². The van der Waals surface area contributed by atoms with E-state index in [0.717, 1.165) is 42.9 Å². The van der Waals surface area contributed by atoms with E-state index in [1.165, 1.54) is 34.4 Å². The number of phosphoric acid groups is 2. The van der Waals surface area contributed by atoms with Crippen LogP contribution in [0.25, 0.3) is 22.2 Å². The average Bonchev–Trinajstić information content (AvgIpc) is 4.04. The van der Waals surface area contributed by atoms with Gasteiger partial charge in [-0.1, -0.05) is 61.5 Å². The molecule has 2 amide bonds. The number of hydrogen-bond acceptors (Lipinski definition) is 23. The van der Waals surface area contributed by atoms with Crippen molar-refractivity contribution in [3.8, 4) is 0 Å². The van der Waals surface area contributed by atoms with Gasteiger partial charge in [0.2, 0.25) is 11.8 Å². The van der Waals surface area contributed by atoms with Gasteiger partial charge in [0.25, 0.3) is 15.6 Å². The Morgan fingerprint density at radius 1 is 0.900 bits per heavy atom. The first-order valence-electron chi connectivity index (χ1n) is 21.7. The zero-order valence-electron chi connectivity index (χ0n) is 36.5. The summed E-state index contributed by atoms with van der Waals surface area (Å²) in [5.41, 5.74) is 12.6. The molecule has 0 spiro atoms. The van der Waals surface area contributed by atoms with Crippen LogP contribution >= 0.6 is 27.9 Å². The van der Waals surface area contributed by atoms with Crippen molar-refractivity contribution in [3.63, 3.8) is 0 Å². The first kappa shape index (κ1) is 49.6. The van der Waals surface area contributed by atoms with E-state index in [0.29, 0.717) is 24.0 Å². The number of nitrogen functional groups attached to an aromatic ring is 1. The minimum Gasteiger partial charge on any atom is -0.851 e. The highest BCUT2D eigenvalue weighted by atomic mass is 32.1. The molecule has 0 aliphatic carbocycles. The highest BCUT2D eigenvalue weighted by Gasteiger charge is 2.46. The lowest BCUT2D eigenvalue weighted by Crippen LogP contribution is -2.51. The fraction of sp³-hybridized carbons (Fsp3) is 0.450. The maximum atomic E-state index is 14.2. The van der Waals surface area contributed by atoms with E-state index >= 15 is 0 Å². The van der Waals surface area contributed by atoms with Crippen LogP contribution in [0.5, 0.6) is 0 Å². The van der Waals surface area contributed by atoms with E-state index in [1.807, 2.05) is 35.2 Å². The Labute approximate surface area is 401 Å². The normalized spacial score (nSPS) is 28.4. The summed E-state index contributed by atoms with van der Waals surface area (Å²) in [6.07, 6.45) is -0.887. The molecule has 4 aliphatic heterocycles. The summed E-state index contributed by atoms with van der Waals surface area (Å²) < 4.78 is 54.2. The summed E-state index contributed by atoms with van der Waals surface area (Å²) in [5, 5.41) is 52.4. The lowest BCUT2D eigenvalue weighted by molar-refractivity contribution is -0.527. The topological polar surface area (TPSA) is 385 Å². The quantitative estimate of drug-likeness (QED) is 0.0645. The number of nitrogens with zero attached hydrogens (tertiary/aromatic N) is 10. The van der Waals surface area contributed by atoms with Crippen molar-refractivity contribution in [1.82, 2.24) is 48.7 Å². The average molecular weight is 1030 g/mol. The van der Waals surface area contributed by atoms with E-state index in [4.69, 9.17) is 33.2 Å². The minimum absolute atomic E-state index is 0.0152. The number of carbonyl (C=O) groups is 2. The maximum Gasteiger partial charge on any atom is 0.274 e. The summed E-state index contributed by atoms with van der Waals surface area (Å²) in [6, 6.07) is 7.45. The van der Waals surface area contributed by atoms with Crippen LogP contribution in [0.15, 0.2) is 79.6 Å². The number of allylic oxidation sites excluding steroid dienone is 1. The van der Waals surface area contributed by atoms with Crippen molar-refractivity contribution in [2.75, 3.05) is 32.0 Å². The van der Waals surface area contributed by atoms with Gasteiger partial charge in [0, 0.05) is 31.7 Å². The fourth-order valence-electron chi connectivity index (χ4n) is 8.68. The maximum absolute atomic E-state index is 14.2. The summed E-state index contributed by atoms with van der Waals surface area (Å²) in [4.78, 5) is 71.7. The number of fused-ring (bicyclic) bond motifs is 2. The molecule has 4 aromatic heterocycles. The number of phosphoric ester groups is 2. The second-order valence-corrected chi connectivity index (χ2v) is 20.1. The van der Waals surface area contributed by atoms with E-state index in [2.05, 4.69) is 38.4 Å². The van der Waals surface area contributed by atoms with Gasteiger partial charge >= 0.3 is 0 Å². The van der Waals surface area contributed by atoms with E-state index in [-0.39, 0.29) is 38.7 Å². The summed E-state index contributed by atoms with van der Waals surface area (Å²) in [7, 11) is -11.7. The lowest BCUT2D eigenvalue weighted by Gasteiger charge is -2.35. The molecule has 12 atom stereocenters. The van der Waals surface area contributed by atoms with Crippen molar-refractivity contribution in [2.45, 2.75) is 86.8 Å². The Hall–Kier alpha value is -5.42. The predicted octanol–water partition coefficient (Wildman–Crippen LogP) is -2.10. The number of anilines is 1. The van der Waals surface area contributed by atoms with Gasteiger partial charge in [-0.05, 0) is 24.5 Å². The van der Waals surface area contributed by atoms with Crippen molar-refractivity contribution in [1.29, 1.82) is 0 Å². The van der Waals surface area contributed by atoms with Gasteiger partial charge in [-0.15, -0.1) is 6.10 Å². The van der Waals surface area contributed by atoms with Crippen LogP contribution in [0.2, 0.25) is 0 Å². The van der Waals surface area contributed by atoms with Crippen molar-refractivity contribution >= 4 is 67.7 Å². The molecule has 1 aromatic carbocycles. The number of aromatic nitrogens is 8. The van der Waals surface area contributed by atoms with Crippen LogP contribution in [0, 0.1) is 4.64 Å². The molecule has 4 aliphatic rings. The molecular formula is C40H44N12O15P2S-4. The molecular weight excluding hydrogens is 983 g/mol. The SMILES string of the molecule is NC(=O)C1=CN([C@@H]2O[C@@H](COP(=O)([O-])OP(=O)([O-])OC[C@@H]3O[C@@H](n4cnc5c(N)ncnc54)[C@H]([O-])[C@H]3[O-])[C@H](O)[C@H]2O)C=C[C@H]1n1cc2c(=S)n([C@@H](C(=O)N3CCCCCC3)c3ccccc3)cnc2n1. The fourth-order valence-corrected chi connectivity index (χ4v) is 11.0. The lowest BCUT2D eigenvalue weighted by atomic mass is 10.0. The molecule has 3 fully saturated rings. The zero-order chi connectivity index (χ0) is 49.6. The number of ether oxygens (including phenoxy) is 2. The number of aliphatic hydroxyl groups is 2. The molecule has 5 aromatic rings. The molecule has 0 radical (unpaired) electrons. The van der Waals surface area contributed by atoms with E-state index < -0.39 is 95.9 Å². The van der Waals surface area contributed by atoms with Crippen molar-refractivity contribution in [3.05, 3.63) is 89.8 Å². The predicted molar refractivity (Wildman–Crippen MR) is 233 cm³/mol. The number of carbonyl (C=O) groups excluding carboxylic acids is 2. The number of benzene rings is 1. The Morgan fingerprint density at radius 2 is 1.59 bits per heavy atom. The molecule has 2 unspecified atom stereocenters. The number of likely N-dealkylation sites (tertiary alicyclic amines) is 1. The third-order valence-corrected chi connectivity index (χ3v) is 15.2. The third kappa shape index (κ3) is 9.93. The molecule has 3 saturated heterocycles. The number of hydrogen-bond donors (Lipinski definition) is 4. The molecule has 6 N–H and O–H groups in total. The van der Waals surface area contributed by atoms with E-state index in [9.17, 15) is 48.9 Å². The smallest absolute Gasteiger partial charge is 0.274 e. The highest BCUT2D eigenvalue weighted by Crippen LogP contribution is 2.56. The molecule has 0 saturated carbocycles. The van der Waals surface area contributed by atoms with Gasteiger partial charge in [0.15, 0.2) is 23.3 Å². The first-order valence-corrected chi connectivity index (χ1v) is 25.1. The zero-order valence-corrected chi connectivity index (χ0v) is 39.1. The molecule has 9 rings (SSSR count). The Kier molecular flexibility index (Phi) is 14.2. The van der Waals surface area contributed by atoms with Crippen molar-refractivity contribution < 1.29 is 71.8 Å². The van der Waals surface area contributed by atoms with Gasteiger partial charge in [-0.2, -0.15) is 5.10 Å². The standard InChI is InChI=1S/C40H46N12O15P2S/c41-33-27-36(44-18-43-33)51(19-45-27)39-32(56)30(54)26(66-39)17-64-69(61,62)67-68(59,60)63-16-25-29(53)31(55)38(65-25)49-13-10-24(22(14-49)34(42)57)52-15-23-35(47-52)46-20-50(40(23)70)28(21-8-4-3-5-9-21)37(58)48-11-6-1-2-7-12-48/h3-5,8-10,13-15,18-20,24-26,28-32,38-39,53,55H,1-2,6-7,11-12,16-17H2,(H2,42,57)(H,59,60)(H,61,62)(H2,41,43,44)/q-2/p-2/t24-,25+,26+,28-,29+,30+,31-,32-,38-,39-/m1/s1. The molecule has 27 nitrogen and oxygen atoms in total. The Balaban J connectivity index is 0.838. The molecule has 70 heavy (non-hydrogen) atoms. The van der Waals surface area contributed by atoms with Gasteiger partial charge in [-0.25, -0.2) is 24.2 Å². The second-order valence-electron chi connectivity index (χ2n) is 16.7. The number of aliphatic hydroxyl groups excluding tert-OH is 2. The van der Waals surface area contributed by atoms with Crippen LogP contribution < -0.4 is 31.5 Å². The van der Waals surface area contributed by atoms with Crippen LogP contribution in [-0.4, -0.2) is 140 Å².